The van der Waals surface area contributed by atoms with Crippen LogP contribution in [0.25, 0.3) is 0 Å². The van der Waals surface area contributed by atoms with E-state index < -0.39 is 0 Å². The molecular weight excluding hydrogens is 332 g/mol. The number of aromatic nitrogens is 1. The Morgan fingerprint density at radius 1 is 1.23 bits per heavy atom. The van der Waals surface area contributed by atoms with E-state index in [-0.39, 0.29) is 17.7 Å². The molecule has 2 aromatic rings. The van der Waals surface area contributed by atoms with Gasteiger partial charge >= 0.3 is 0 Å². The molecule has 0 radical (unpaired) electrons. The molecule has 1 amide bonds. The molecule has 0 fully saturated rings. The van der Waals surface area contributed by atoms with E-state index in [1.165, 1.54) is 0 Å². The van der Waals surface area contributed by atoms with Gasteiger partial charge in [-0.2, -0.15) is 0 Å². The van der Waals surface area contributed by atoms with Gasteiger partial charge < -0.3 is 19.8 Å². The molecule has 1 aliphatic rings. The maximum atomic E-state index is 12.8. The molecule has 138 valence electrons. The number of rotatable bonds is 5. The predicted octanol–water partition coefficient (Wildman–Crippen LogP) is 3.35. The van der Waals surface area contributed by atoms with Crippen LogP contribution in [0.3, 0.4) is 0 Å². The molecule has 3 rings (SSSR count). The minimum Gasteiger partial charge on any atom is -0.497 e. The normalized spacial score (nSPS) is 14.5. The lowest BCUT2D eigenvalue weighted by molar-refractivity contribution is 0.0933. The van der Waals surface area contributed by atoms with Gasteiger partial charge in [0.25, 0.3) is 5.91 Å². The van der Waals surface area contributed by atoms with Gasteiger partial charge in [0, 0.05) is 29.3 Å². The van der Waals surface area contributed by atoms with Gasteiger partial charge in [0.1, 0.15) is 17.2 Å². The number of amides is 1. The molecule has 0 spiro atoms. The molecule has 1 aromatic heterocycles. The minimum absolute atomic E-state index is 0.115. The van der Waals surface area contributed by atoms with Gasteiger partial charge in [0.2, 0.25) is 0 Å². The molecule has 1 aliphatic carbocycles. The average Bonchev–Trinajstić information content (AvgIpc) is 2.99. The van der Waals surface area contributed by atoms with Crippen molar-refractivity contribution in [2.45, 2.75) is 39.2 Å². The van der Waals surface area contributed by atoms with Crippen LogP contribution < -0.4 is 14.8 Å². The molecule has 0 bridgehead atoms. The number of carbonyl (C=O) groups excluding carboxylic acids is 2. The molecule has 1 unspecified atom stereocenters. The highest BCUT2D eigenvalue weighted by molar-refractivity contribution is 6.04. The number of ether oxygens (including phenoxy) is 2. The van der Waals surface area contributed by atoms with Crippen molar-refractivity contribution in [2.24, 2.45) is 0 Å². The fraction of sp³-hybridized carbons (Fsp3) is 0.400. The summed E-state index contributed by atoms with van der Waals surface area (Å²) in [5.41, 5.74) is 3.61. The minimum atomic E-state index is -0.265. The number of ketones is 1. The summed E-state index contributed by atoms with van der Waals surface area (Å²) in [6, 6.07) is 5.23. The second-order valence-electron chi connectivity index (χ2n) is 6.56. The Morgan fingerprint density at radius 2 is 2.00 bits per heavy atom. The van der Waals surface area contributed by atoms with E-state index in [0.717, 1.165) is 29.7 Å². The largest absolute Gasteiger partial charge is 0.497 e. The van der Waals surface area contributed by atoms with E-state index in [9.17, 15) is 9.59 Å². The van der Waals surface area contributed by atoms with Gasteiger partial charge in [0.05, 0.1) is 20.3 Å². The lowest BCUT2D eigenvalue weighted by atomic mass is 9.94. The van der Waals surface area contributed by atoms with Crippen molar-refractivity contribution in [3.63, 3.8) is 0 Å². The van der Waals surface area contributed by atoms with Crippen LogP contribution in [0.15, 0.2) is 18.2 Å². The number of H-pyrrole nitrogens is 1. The van der Waals surface area contributed by atoms with E-state index in [2.05, 4.69) is 10.3 Å². The number of fused-ring (bicyclic) bond motifs is 1. The summed E-state index contributed by atoms with van der Waals surface area (Å²) < 4.78 is 10.6. The van der Waals surface area contributed by atoms with Gasteiger partial charge in [-0.15, -0.1) is 0 Å². The molecule has 26 heavy (non-hydrogen) atoms. The maximum Gasteiger partial charge on any atom is 0.268 e. The first-order valence-electron chi connectivity index (χ1n) is 8.73. The van der Waals surface area contributed by atoms with Gasteiger partial charge in [-0.3, -0.25) is 9.59 Å². The van der Waals surface area contributed by atoms with E-state index in [1.54, 1.807) is 20.3 Å². The number of Topliss-reactive ketones (excluding diaryl/α,β-unsaturated/α-hetero) is 1. The number of methoxy groups -OCH3 is 2. The van der Waals surface area contributed by atoms with E-state index in [0.29, 0.717) is 29.2 Å². The first kappa shape index (κ1) is 18.0. The fourth-order valence-corrected chi connectivity index (χ4v) is 3.52. The van der Waals surface area contributed by atoms with Gasteiger partial charge in [-0.25, -0.2) is 0 Å². The number of carbonyl (C=O) groups is 2. The fourth-order valence-electron chi connectivity index (χ4n) is 3.52. The zero-order valence-corrected chi connectivity index (χ0v) is 15.6. The van der Waals surface area contributed by atoms with Crippen LogP contribution in [0.1, 0.15) is 63.5 Å². The van der Waals surface area contributed by atoms with Crippen molar-refractivity contribution in [1.82, 2.24) is 10.3 Å². The lowest BCUT2D eigenvalue weighted by Gasteiger charge is -2.18. The summed E-state index contributed by atoms with van der Waals surface area (Å²) in [5.74, 6) is 1.23. The van der Waals surface area contributed by atoms with Crippen molar-refractivity contribution in [2.75, 3.05) is 14.2 Å². The molecule has 2 N–H and O–H groups in total. The molecule has 0 saturated heterocycles. The quantitative estimate of drug-likeness (QED) is 0.861. The smallest absolute Gasteiger partial charge is 0.268 e. The molecular formula is C20H24N2O4. The zero-order valence-electron chi connectivity index (χ0n) is 15.6. The Kier molecular flexibility index (Phi) is 5.02. The number of hydrogen-bond donors (Lipinski definition) is 2. The van der Waals surface area contributed by atoms with E-state index in [1.807, 2.05) is 26.0 Å². The van der Waals surface area contributed by atoms with Gasteiger partial charge in [-0.05, 0) is 44.4 Å². The van der Waals surface area contributed by atoms with Crippen LogP contribution in [0.5, 0.6) is 11.5 Å². The topological polar surface area (TPSA) is 80.4 Å². The predicted molar refractivity (Wildman–Crippen MR) is 98.2 cm³/mol. The first-order chi connectivity index (χ1) is 12.5. The summed E-state index contributed by atoms with van der Waals surface area (Å²) >= 11 is 0. The monoisotopic (exact) mass is 356 g/mol. The molecule has 0 aliphatic heterocycles. The SMILES string of the molecule is COc1ccc(C(C)NC(=O)c2[nH]c3c(c2C)C(=O)CCC3)c(OC)c1. The Morgan fingerprint density at radius 3 is 2.65 bits per heavy atom. The van der Waals surface area contributed by atoms with Crippen LogP contribution in [0, 0.1) is 6.92 Å². The summed E-state index contributed by atoms with van der Waals surface area (Å²) in [5, 5.41) is 2.99. The Labute approximate surface area is 152 Å². The highest BCUT2D eigenvalue weighted by Crippen LogP contribution is 2.30. The third-order valence-electron chi connectivity index (χ3n) is 4.92. The number of aryl methyl sites for hydroxylation is 1. The van der Waals surface area contributed by atoms with Gasteiger partial charge in [-0.1, -0.05) is 0 Å². The second kappa shape index (κ2) is 7.23. The lowest BCUT2D eigenvalue weighted by Crippen LogP contribution is -2.27. The van der Waals surface area contributed by atoms with Gasteiger partial charge in [0.15, 0.2) is 5.78 Å². The molecule has 1 heterocycles. The van der Waals surface area contributed by atoms with Crippen molar-refractivity contribution in [3.05, 3.63) is 46.3 Å². The van der Waals surface area contributed by atoms with Crippen molar-refractivity contribution in [1.29, 1.82) is 0 Å². The van der Waals surface area contributed by atoms with Crippen LogP contribution >= 0.6 is 0 Å². The van der Waals surface area contributed by atoms with E-state index in [4.69, 9.17) is 9.47 Å². The summed E-state index contributed by atoms with van der Waals surface area (Å²) in [6.07, 6.45) is 2.18. The number of aromatic amines is 1. The molecule has 1 aromatic carbocycles. The third kappa shape index (κ3) is 3.19. The van der Waals surface area contributed by atoms with Crippen molar-refractivity contribution >= 4 is 11.7 Å². The van der Waals surface area contributed by atoms with Crippen molar-refractivity contribution < 1.29 is 19.1 Å². The van der Waals surface area contributed by atoms with Crippen LogP contribution in [0.2, 0.25) is 0 Å². The van der Waals surface area contributed by atoms with Crippen LogP contribution in [-0.4, -0.2) is 30.9 Å². The first-order valence-corrected chi connectivity index (χ1v) is 8.73. The zero-order chi connectivity index (χ0) is 18.8. The highest BCUT2D eigenvalue weighted by atomic mass is 16.5. The summed E-state index contributed by atoms with van der Waals surface area (Å²) in [6.45, 7) is 3.72. The summed E-state index contributed by atoms with van der Waals surface area (Å²) in [4.78, 5) is 28.1. The number of nitrogens with one attached hydrogen (secondary N) is 2. The molecule has 1 atom stereocenters. The van der Waals surface area contributed by atoms with Crippen molar-refractivity contribution in [3.8, 4) is 11.5 Å². The summed E-state index contributed by atoms with van der Waals surface area (Å²) in [7, 11) is 3.18. The third-order valence-corrected chi connectivity index (χ3v) is 4.92. The van der Waals surface area contributed by atoms with Crippen LogP contribution in [0.4, 0.5) is 0 Å². The molecule has 6 heteroatoms. The Bertz CT molecular complexity index is 854. The maximum absolute atomic E-state index is 12.8. The highest BCUT2D eigenvalue weighted by Gasteiger charge is 2.27. The number of hydrogen-bond acceptors (Lipinski definition) is 4. The van der Waals surface area contributed by atoms with Crippen LogP contribution in [-0.2, 0) is 6.42 Å². The Hall–Kier alpha value is -2.76. The Balaban J connectivity index is 1.84. The molecule has 0 saturated carbocycles. The average molecular weight is 356 g/mol. The molecule has 6 nitrogen and oxygen atoms in total. The second-order valence-corrected chi connectivity index (χ2v) is 6.56. The van der Waals surface area contributed by atoms with E-state index >= 15 is 0 Å². The number of benzene rings is 1. The standard InChI is InChI=1S/C20H24N2O4/c1-11-18-15(6-5-7-16(18)23)22-19(11)20(24)21-12(2)14-9-8-13(25-3)10-17(14)26-4/h8-10,12,22H,5-7H2,1-4H3,(H,21,24).